The first-order chi connectivity index (χ1) is 10.2. The highest BCUT2D eigenvalue weighted by Gasteiger charge is 2.14. The standard InChI is InChI=1S/C16H14N2O2S/c1-18(9-11-6-7-21-10-11)15-13-5-3-2-4-12(13)14(8-17-15)16(19)20/h2-8,10H,9H2,1H3,(H,19,20). The fourth-order valence-electron chi connectivity index (χ4n) is 2.38. The normalized spacial score (nSPS) is 10.7. The predicted molar refractivity (Wildman–Crippen MR) is 85.1 cm³/mol. The van der Waals surface area contributed by atoms with Crippen molar-refractivity contribution in [2.75, 3.05) is 11.9 Å². The number of thiophene rings is 1. The maximum Gasteiger partial charge on any atom is 0.337 e. The minimum atomic E-state index is -0.953. The van der Waals surface area contributed by atoms with Crippen LogP contribution >= 0.6 is 11.3 Å². The smallest absolute Gasteiger partial charge is 0.337 e. The van der Waals surface area contributed by atoms with Gasteiger partial charge < -0.3 is 10.0 Å². The summed E-state index contributed by atoms with van der Waals surface area (Å²) in [5.41, 5.74) is 1.45. The van der Waals surface area contributed by atoms with Gasteiger partial charge in [0.25, 0.3) is 0 Å². The van der Waals surface area contributed by atoms with E-state index in [4.69, 9.17) is 0 Å². The molecule has 0 aliphatic heterocycles. The maximum atomic E-state index is 11.3. The number of fused-ring (bicyclic) bond motifs is 1. The number of benzene rings is 1. The van der Waals surface area contributed by atoms with Crippen molar-refractivity contribution in [1.29, 1.82) is 0 Å². The van der Waals surface area contributed by atoms with Crippen LogP contribution in [-0.2, 0) is 6.54 Å². The van der Waals surface area contributed by atoms with Gasteiger partial charge in [-0.25, -0.2) is 9.78 Å². The molecule has 2 heterocycles. The molecule has 0 bridgehead atoms. The summed E-state index contributed by atoms with van der Waals surface area (Å²) in [7, 11) is 1.97. The van der Waals surface area contributed by atoms with Crippen LogP contribution in [0.3, 0.4) is 0 Å². The van der Waals surface area contributed by atoms with E-state index in [1.165, 1.54) is 11.8 Å². The van der Waals surface area contributed by atoms with Crippen molar-refractivity contribution in [3.63, 3.8) is 0 Å². The quantitative estimate of drug-likeness (QED) is 0.799. The molecule has 0 radical (unpaired) electrons. The Morgan fingerprint density at radius 3 is 2.71 bits per heavy atom. The molecule has 4 nitrogen and oxygen atoms in total. The molecule has 0 atom stereocenters. The largest absolute Gasteiger partial charge is 0.478 e. The van der Waals surface area contributed by atoms with Crippen molar-refractivity contribution in [2.24, 2.45) is 0 Å². The lowest BCUT2D eigenvalue weighted by Gasteiger charge is -2.20. The lowest BCUT2D eigenvalue weighted by molar-refractivity contribution is 0.0698. The number of aromatic carboxylic acids is 1. The highest BCUT2D eigenvalue weighted by atomic mass is 32.1. The third kappa shape index (κ3) is 2.60. The van der Waals surface area contributed by atoms with Crippen LogP contribution in [0, 0.1) is 0 Å². The average Bonchev–Trinajstić information content (AvgIpc) is 2.98. The summed E-state index contributed by atoms with van der Waals surface area (Å²) in [4.78, 5) is 17.7. The molecule has 21 heavy (non-hydrogen) atoms. The van der Waals surface area contributed by atoms with Crippen molar-refractivity contribution in [1.82, 2.24) is 4.98 Å². The molecule has 0 aliphatic carbocycles. The fraction of sp³-hybridized carbons (Fsp3) is 0.125. The molecule has 0 unspecified atom stereocenters. The molecule has 2 aromatic heterocycles. The number of nitrogens with zero attached hydrogens (tertiary/aromatic N) is 2. The van der Waals surface area contributed by atoms with Crippen LogP contribution < -0.4 is 4.90 Å². The summed E-state index contributed by atoms with van der Waals surface area (Å²) in [5.74, 6) is -0.160. The van der Waals surface area contributed by atoms with Crippen LogP contribution in [0.1, 0.15) is 15.9 Å². The number of hydrogen-bond acceptors (Lipinski definition) is 4. The number of pyridine rings is 1. The molecule has 3 aromatic rings. The van der Waals surface area contributed by atoms with E-state index in [9.17, 15) is 9.90 Å². The van der Waals surface area contributed by atoms with Gasteiger partial charge in [-0.05, 0) is 22.4 Å². The molecular formula is C16H14N2O2S. The summed E-state index contributed by atoms with van der Waals surface area (Å²) < 4.78 is 0. The molecule has 3 rings (SSSR count). The lowest BCUT2D eigenvalue weighted by Crippen LogP contribution is -2.18. The van der Waals surface area contributed by atoms with Gasteiger partial charge in [0, 0.05) is 30.6 Å². The Labute approximate surface area is 126 Å². The number of anilines is 1. The SMILES string of the molecule is CN(Cc1ccsc1)c1ncc(C(=O)O)c2ccccc12. The van der Waals surface area contributed by atoms with Gasteiger partial charge in [-0.3, -0.25) is 0 Å². The van der Waals surface area contributed by atoms with Crippen LogP contribution in [0.2, 0.25) is 0 Å². The molecular weight excluding hydrogens is 284 g/mol. The minimum Gasteiger partial charge on any atom is -0.478 e. The first-order valence-corrected chi connectivity index (χ1v) is 7.44. The number of carbonyl (C=O) groups is 1. The van der Waals surface area contributed by atoms with Gasteiger partial charge in [-0.2, -0.15) is 11.3 Å². The van der Waals surface area contributed by atoms with Crippen LogP contribution in [0.5, 0.6) is 0 Å². The van der Waals surface area contributed by atoms with Gasteiger partial charge in [0.2, 0.25) is 0 Å². The molecule has 0 saturated carbocycles. The summed E-state index contributed by atoms with van der Waals surface area (Å²) in [6, 6.07) is 9.56. The van der Waals surface area contributed by atoms with Crippen molar-refractivity contribution in [3.05, 3.63) is 58.4 Å². The average molecular weight is 298 g/mol. The van der Waals surface area contributed by atoms with E-state index >= 15 is 0 Å². The molecule has 0 saturated heterocycles. The second-order valence-corrected chi connectivity index (χ2v) is 5.61. The number of carboxylic acid groups (broad SMARTS) is 1. The number of carboxylic acids is 1. The Balaban J connectivity index is 2.07. The zero-order chi connectivity index (χ0) is 14.8. The zero-order valence-corrected chi connectivity index (χ0v) is 12.3. The second-order valence-electron chi connectivity index (χ2n) is 4.83. The van der Waals surface area contributed by atoms with Gasteiger partial charge >= 0.3 is 5.97 Å². The summed E-state index contributed by atoms with van der Waals surface area (Å²) in [6.07, 6.45) is 1.43. The van der Waals surface area contributed by atoms with Crippen LogP contribution in [0.25, 0.3) is 10.8 Å². The van der Waals surface area contributed by atoms with Crippen LogP contribution in [0.15, 0.2) is 47.3 Å². The van der Waals surface area contributed by atoms with Crippen LogP contribution in [-0.4, -0.2) is 23.1 Å². The molecule has 106 valence electrons. The molecule has 0 spiro atoms. The van der Waals surface area contributed by atoms with Crippen LogP contribution in [0.4, 0.5) is 5.82 Å². The second kappa shape index (κ2) is 5.54. The van der Waals surface area contributed by atoms with E-state index in [2.05, 4.69) is 16.4 Å². The van der Waals surface area contributed by atoms with E-state index in [1.54, 1.807) is 11.3 Å². The third-order valence-electron chi connectivity index (χ3n) is 3.37. The van der Waals surface area contributed by atoms with E-state index in [-0.39, 0.29) is 5.56 Å². The van der Waals surface area contributed by atoms with Gasteiger partial charge in [-0.15, -0.1) is 0 Å². The Kier molecular flexibility index (Phi) is 3.58. The number of hydrogen-bond donors (Lipinski definition) is 1. The zero-order valence-electron chi connectivity index (χ0n) is 11.5. The monoisotopic (exact) mass is 298 g/mol. The topological polar surface area (TPSA) is 53.4 Å². The first-order valence-electron chi connectivity index (χ1n) is 6.50. The molecule has 1 N–H and O–H groups in total. The van der Waals surface area contributed by atoms with Gasteiger partial charge in [0.15, 0.2) is 0 Å². The third-order valence-corrected chi connectivity index (χ3v) is 4.10. The summed E-state index contributed by atoms with van der Waals surface area (Å²) in [5, 5.41) is 15.0. The minimum absolute atomic E-state index is 0.235. The molecule has 0 amide bonds. The Hall–Kier alpha value is -2.40. The number of aromatic nitrogens is 1. The van der Waals surface area contributed by atoms with Crippen molar-refractivity contribution >= 4 is 33.9 Å². The van der Waals surface area contributed by atoms with Gasteiger partial charge in [0.1, 0.15) is 5.82 Å². The van der Waals surface area contributed by atoms with E-state index < -0.39 is 5.97 Å². The Bertz CT molecular complexity index is 784. The van der Waals surface area contributed by atoms with Crippen molar-refractivity contribution in [3.8, 4) is 0 Å². The molecule has 0 fully saturated rings. The highest BCUT2D eigenvalue weighted by molar-refractivity contribution is 7.07. The Morgan fingerprint density at radius 2 is 2.05 bits per heavy atom. The van der Waals surface area contributed by atoms with E-state index in [0.717, 1.165) is 17.7 Å². The van der Waals surface area contributed by atoms with Crippen molar-refractivity contribution in [2.45, 2.75) is 6.54 Å². The molecule has 5 heteroatoms. The molecule has 1 aromatic carbocycles. The Morgan fingerprint density at radius 1 is 1.29 bits per heavy atom. The van der Waals surface area contributed by atoms with Crippen molar-refractivity contribution < 1.29 is 9.90 Å². The highest BCUT2D eigenvalue weighted by Crippen LogP contribution is 2.27. The summed E-state index contributed by atoms with van der Waals surface area (Å²) in [6.45, 7) is 0.743. The maximum absolute atomic E-state index is 11.3. The fourth-order valence-corrected chi connectivity index (χ4v) is 3.04. The summed E-state index contributed by atoms with van der Waals surface area (Å²) >= 11 is 1.66. The lowest BCUT2D eigenvalue weighted by atomic mass is 10.1. The first kappa shape index (κ1) is 13.6. The molecule has 0 aliphatic rings. The van der Waals surface area contributed by atoms with E-state index in [0.29, 0.717) is 5.39 Å². The van der Waals surface area contributed by atoms with Gasteiger partial charge in [-0.1, -0.05) is 24.3 Å². The van der Waals surface area contributed by atoms with E-state index in [1.807, 2.05) is 41.6 Å². The van der Waals surface area contributed by atoms with Gasteiger partial charge in [0.05, 0.1) is 5.56 Å². The number of rotatable bonds is 4. The predicted octanol–water partition coefficient (Wildman–Crippen LogP) is 3.63.